The minimum absolute atomic E-state index is 0.123. The third-order valence-corrected chi connectivity index (χ3v) is 2.73. The molecule has 4 nitrogen and oxygen atoms in total. The van der Waals surface area contributed by atoms with Crippen LogP contribution in [-0.2, 0) is 0 Å². The Morgan fingerprint density at radius 1 is 1.53 bits per heavy atom. The number of nitrogens with zero attached hydrogens (tertiary/aromatic N) is 1. The molecule has 0 radical (unpaired) electrons. The Bertz CT molecular complexity index is 568. The van der Waals surface area contributed by atoms with Crippen LogP contribution in [-0.4, -0.2) is 15.9 Å². The van der Waals surface area contributed by atoms with Crippen molar-refractivity contribution < 1.29 is 9.18 Å². The van der Waals surface area contributed by atoms with Crippen molar-refractivity contribution in [3.63, 3.8) is 0 Å². The maximum Gasteiger partial charge on any atom is 0.274 e. The number of carbonyl (C=O) groups is 1. The van der Waals surface area contributed by atoms with Gasteiger partial charge in [-0.15, -0.1) is 0 Å². The summed E-state index contributed by atoms with van der Waals surface area (Å²) < 4.78 is 14.1. The summed E-state index contributed by atoms with van der Waals surface area (Å²) in [5, 5.41) is 2.48. The summed E-state index contributed by atoms with van der Waals surface area (Å²) in [5.74, 6) is -0.907. The van der Waals surface area contributed by atoms with Gasteiger partial charge in [0.1, 0.15) is 11.5 Å². The lowest BCUT2D eigenvalue weighted by Gasteiger charge is -2.06. The summed E-state index contributed by atoms with van der Waals surface area (Å²) in [6.45, 7) is 1.70. The second-order valence-corrected chi connectivity index (χ2v) is 4.36. The van der Waals surface area contributed by atoms with Crippen molar-refractivity contribution in [2.45, 2.75) is 6.92 Å². The molecule has 1 aromatic carbocycles. The monoisotopic (exact) mass is 297 g/mol. The number of halogens is 2. The topological polar surface area (TPSA) is 57.8 Å². The smallest absolute Gasteiger partial charge is 0.274 e. The SMILES string of the molecule is Cc1nc[nH]c1C(=O)Nc1cc(Br)ccc1F. The maximum absolute atomic E-state index is 13.4. The Balaban J connectivity index is 2.24. The average Bonchev–Trinajstić information content (AvgIpc) is 2.70. The number of anilines is 1. The van der Waals surface area contributed by atoms with E-state index in [9.17, 15) is 9.18 Å². The van der Waals surface area contributed by atoms with Crippen LogP contribution in [0.1, 0.15) is 16.2 Å². The van der Waals surface area contributed by atoms with E-state index in [1.165, 1.54) is 18.5 Å². The zero-order chi connectivity index (χ0) is 12.4. The zero-order valence-electron chi connectivity index (χ0n) is 8.92. The van der Waals surface area contributed by atoms with Gasteiger partial charge in [-0.05, 0) is 25.1 Å². The normalized spacial score (nSPS) is 10.3. The Morgan fingerprint density at radius 3 is 2.94 bits per heavy atom. The van der Waals surface area contributed by atoms with Crippen molar-refractivity contribution in [2.24, 2.45) is 0 Å². The molecule has 0 aliphatic heterocycles. The fourth-order valence-corrected chi connectivity index (χ4v) is 1.73. The number of aromatic amines is 1. The molecule has 2 N–H and O–H groups in total. The molecule has 0 aliphatic rings. The van der Waals surface area contributed by atoms with Crippen LogP contribution in [0.15, 0.2) is 29.0 Å². The number of aromatic nitrogens is 2. The molecule has 2 rings (SSSR count). The van der Waals surface area contributed by atoms with E-state index in [4.69, 9.17) is 0 Å². The molecule has 88 valence electrons. The van der Waals surface area contributed by atoms with Gasteiger partial charge in [0, 0.05) is 4.47 Å². The van der Waals surface area contributed by atoms with E-state index in [0.717, 1.165) is 0 Å². The lowest BCUT2D eigenvalue weighted by atomic mass is 10.2. The number of carbonyl (C=O) groups excluding carboxylic acids is 1. The maximum atomic E-state index is 13.4. The van der Waals surface area contributed by atoms with Crippen molar-refractivity contribution >= 4 is 27.5 Å². The number of aryl methyl sites for hydroxylation is 1. The quantitative estimate of drug-likeness (QED) is 0.895. The van der Waals surface area contributed by atoms with E-state index >= 15 is 0 Å². The van der Waals surface area contributed by atoms with Crippen LogP contribution in [0.25, 0.3) is 0 Å². The number of nitrogens with one attached hydrogen (secondary N) is 2. The molecule has 0 spiro atoms. The summed E-state index contributed by atoms with van der Waals surface area (Å²) in [7, 11) is 0. The summed E-state index contributed by atoms with van der Waals surface area (Å²) in [4.78, 5) is 18.4. The van der Waals surface area contributed by atoms with Crippen LogP contribution in [0.5, 0.6) is 0 Å². The molecule has 0 fully saturated rings. The van der Waals surface area contributed by atoms with Gasteiger partial charge in [0.05, 0.1) is 17.7 Å². The van der Waals surface area contributed by atoms with Gasteiger partial charge in [-0.25, -0.2) is 9.37 Å². The highest BCUT2D eigenvalue weighted by Crippen LogP contribution is 2.20. The first-order valence-electron chi connectivity index (χ1n) is 4.84. The predicted molar refractivity (Wildman–Crippen MR) is 65.4 cm³/mol. The summed E-state index contributed by atoms with van der Waals surface area (Å²) in [5.41, 5.74) is 1.01. The van der Waals surface area contributed by atoms with Crippen molar-refractivity contribution in [2.75, 3.05) is 5.32 Å². The first-order valence-corrected chi connectivity index (χ1v) is 5.63. The minimum atomic E-state index is -0.487. The molecule has 0 atom stereocenters. The largest absolute Gasteiger partial charge is 0.340 e. The van der Waals surface area contributed by atoms with Crippen LogP contribution < -0.4 is 5.32 Å². The van der Waals surface area contributed by atoms with Crippen molar-refractivity contribution in [3.8, 4) is 0 Å². The number of hydrogen-bond acceptors (Lipinski definition) is 2. The highest BCUT2D eigenvalue weighted by atomic mass is 79.9. The Hall–Kier alpha value is -1.69. The minimum Gasteiger partial charge on any atom is -0.340 e. The van der Waals surface area contributed by atoms with E-state index in [1.807, 2.05) is 0 Å². The van der Waals surface area contributed by atoms with Gasteiger partial charge >= 0.3 is 0 Å². The highest BCUT2D eigenvalue weighted by molar-refractivity contribution is 9.10. The number of imidazole rings is 1. The fraction of sp³-hybridized carbons (Fsp3) is 0.0909. The molecular formula is C11H9BrFN3O. The van der Waals surface area contributed by atoms with Gasteiger partial charge in [-0.1, -0.05) is 15.9 Å². The first kappa shape index (κ1) is 11.8. The average molecular weight is 298 g/mol. The van der Waals surface area contributed by atoms with Crippen molar-refractivity contribution in [1.29, 1.82) is 0 Å². The second kappa shape index (κ2) is 4.67. The molecule has 1 amide bonds. The Labute approximate surface area is 105 Å². The van der Waals surface area contributed by atoms with E-state index in [-0.39, 0.29) is 5.69 Å². The molecule has 0 saturated heterocycles. The number of H-pyrrole nitrogens is 1. The molecular weight excluding hydrogens is 289 g/mol. The van der Waals surface area contributed by atoms with Crippen LogP contribution >= 0.6 is 15.9 Å². The molecule has 0 saturated carbocycles. The Morgan fingerprint density at radius 2 is 2.29 bits per heavy atom. The molecule has 0 aliphatic carbocycles. The first-order chi connectivity index (χ1) is 8.08. The summed E-state index contributed by atoms with van der Waals surface area (Å²) in [6, 6.07) is 4.34. The second-order valence-electron chi connectivity index (χ2n) is 3.44. The van der Waals surface area contributed by atoms with E-state index in [0.29, 0.717) is 15.9 Å². The number of hydrogen-bond donors (Lipinski definition) is 2. The zero-order valence-corrected chi connectivity index (χ0v) is 10.5. The van der Waals surface area contributed by atoms with Crippen molar-refractivity contribution in [3.05, 3.63) is 46.2 Å². The van der Waals surface area contributed by atoms with Crippen LogP contribution in [0, 0.1) is 12.7 Å². The predicted octanol–water partition coefficient (Wildman–Crippen LogP) is 2.87. The molecule has 1 heterocycles. The van der Waals surface area contributed by atoms with Gasteiger partial charge in [-0.2, -0.15) is 0 Å². The summed E-state index contributed by atoms with van der Waals surface area (Å²) in [6.07, 6.45) is 1.42. The standard InChI is InChI=1S/C11H9BrFN3O/c1-6-10(15-5-14-6)11(17)16-9-4-7(12)2-3-8(9)13/h2-5H,1H3,(H,14,15)(H,16,17). The lowest BCUT2D eigenvalue weighted by molar-refractivity contribution is 0.102. The van der Waals surface area contributed by atoms with Crippen molar-refractivity contribution in [1.82, 2.24) is 9.97 Å². The highest BCUT2D eigenvalue weighted by Gasteiger charge is 2.13. The van der Waals surface area contributed by atoms with Gasteiger partial charge in [-0.3, -0.25) is 4.79 Å². The third-order valence-electron chi connectivity index (χ3n) is 2.23. The van der Waals surface area contributed by atoms with Gasteiger partial charge in [0.15, 0.2) is 0 Å². The van der Waals surface area contributed by atoms with Gasteiger partial charge < -0.3 is 10.3 Å². The number of rotatable bonds is 2. The van der Waals surface area contributed by atoms with E-state index in [2.05, 4.69) is 31.2 Å². The van der Waals surface area contributed by atoms with Gasteiger partial charge in [0.25, 0.3) is 5.91 Å². The molecule has 0 bridgehead atoms. The number of benzene rings is 1. The molecule has 17 heavy (non-hydrogen) atoms. The lowest BCUT2D eigenvalue weighted by Crippen LogP contribution is -2.14. The van der Waals surface area contributed by atoms with Crippen LogP contribution in [0.3, 0.4) is 0 Å². The molecule has 2 aromatic rings. The molecule has 6 heteroatoms. The fourth-order valence-electron chi connectivity index (χ4n) is 1.37. The van der Waals surface area contributed by atoms with Gasteiger partial charge in [0.2, 0.25) is 0 Å². The summed E-state index contributed by atoms with van der Waals surface area (Å²) >= 11 is 3.21. The molecule has 0 unspecified atom stereocenters. The Kier molecular flexibility index (Phi) is 3.23. The molecule has 1 aromatic heterocycles. The van der Waals surface area contributed by atoms with Crippen LogP contribution in [0.2, 0.25) is 0 Å². The number of amides is 1. The third kappa shape index (κ3) is 2.52. The van der Waals surface area contributed by atoms with Crippen LogP contribution in [0.4, 0.5) is 10.1 Å². The van der Waals surface area contributed by atoms with E-state index < -0.39 is 11.7 Å². The van der Waals surface area contributed by atoms with E-state index in [1.54, 1.807) is 13.0 Å².